The lowest BCUT2D eigenvalue weighted by Gasteiger charge is -2.21. The second-order valence-electron chi connectivity index (χ2n) is 5.57. The number of nitrogens with one attached hydrogen (secondary N) is 2. The summed E-state index contributed by atoms with van der Waals surface area (Å²) in [6.07, 6.45) is 0.175. The third kappa shape index (κ3) is 5.45. The van der Waals surface area contributed by atoms with E-state index in [4.69, 9.17) is 0 Å². The molecule has 0 saturated carbocycles. The van der Waals surface area contributed by atoms with E-state index in [-0.39, 0.29) is 18.0 Å². The molecule has 0 aliphatic carbocycles. The fraction of sp³-hybridized carbons (Fsp3) is 0.316. The molecule has 2 rings (SSSR count). The predicted molar refractivity (Wildman–Crippen MR) is 98.1 cm³/mol. The molecule has 0 aliphatic heterocycles. The maximum Gasteiger partial charge on any atom is 0.226 e. The summed E-state index contributed by atoms with van der Waals surface area (Å²) in [6, 6.07) is 11.0. The number of halogens is 2. The van der Waals surface area contributed by atoms with E-state index in [1.54, 1.807) is 0 Å². The third-order valence-electron chi connectivity index (χ3n) is 3.88. The molecule has 0 spiro atoms. The molecule has 0 saturated heterocycles. The average Bonchev–Trinajstić information content (AvgIpc) is 2.60. The number of carbonyl (C=O) groups excluding carboxylic acids is 1. The first-order chi connectivity index (χ1) is 12.0. The van der Waals surface area contributed by atoms with Gasteiger partial charge in [0.05, 0.1) is 5.69 Å². The molecule has 6 heteroatoms. The van der Waals surface area contributed by atoms with Crippen LogP contribution in [0, 0.1) is 11.6 Å². The average molecular weight is 347 g/mol. The van der Waals surface area contributed by atoms with Crippen molar-refractivity contribution in [3.8, 4) is 0 Å². The fourth-order valence-electron chi connectivity index (χ4n) is 2.50. The molecular formula is C19H23F2N3O. The number of hydrogen-bond acceptors (Lipinski definition) is 3. The van der Waals surface area contributed by atoms with Crippen molar-refractivity contribution in [3.63, 3.8) is 0 Å². The Morgan fingerprint density at radius 3 is 2.32 bits per heavy atom. The molecule has 2 aromatic rings. The van der Waals surface area contributed by atoms with Crippen molar-refractivity contribution in [2.75, 3.05) is 35.2 Å². The second kappa shape index (κ2) is 9.01. The highest BCUT2D eigenvalue weighted by Crippen LogP contribution is 2.18. The molecule has 0 aliphatic rings. The smallest absolute Gasteiger partial charge is 0.226 e. The summed E-state index contributed by atoms with van der Waals surface area (Å²) in [5.74, 6) is -1.80. The van der Waals surface area contributed by atoms with Crippen molar-refractivity contribution in [2.45, 2.75) is 20.3 Å². The molecule has 2 N–H and O–H groups in total. The zero-order valence-electron chi connectivity index (χ0n) is 14.5. The van der Waals surface area contributed by atoms with E-state index in [0.29, 0.717) is 6.54 Å². The second-order valence-corrected chi connectivity index (χ2v) is 5.57. The number of nitrogens with zero attached hydrogens (tertiary/aromatic N) is 1. The fourth-order valence-corrected chi connectivity index (χ4v) is 2.50. The van der Waals surface area contributed by atoms with E-state index in [1.807, 2.05) is 24.3 Å². The van der Waals surface area contributed by atoms with Crippen molar-refractivity contribution in [1.29, 1.82) is 0 Å². The van der Waals surface area contributed by atoms with Gasteiger partial charge in [-0.15, -0.1) is 0 Å². The van der Waals surface area contributed by atoms with Gasteiger partial charge in [-0.1, -0.05) is 0 Å². The van der Waals surface area contributed by atoms with E-state index < -0.39 is 11.6 Å². The van der Waals surface area contributed by atoms with Gasteiger partial charge in [-0.25, -0.2) is 8.78 Å². The van der Waals surface area contributed by atoms with Gasteiger partial charge in [-0.3, -0.25) is 4.79 Å². The molecule has 0 bridgehead atoms. The first kappa shape index (κ1) is 18.7. The number of carbonyl (C=O) groups is 1. The van der Waals surface area contributed by atoms with Gasteiger partial charge in [0.1, 0.15) is 11.6 Å². The molecule has 1 amide bonds. The van der Waals surface area contributed by atoms with E-state index in [2.05, 4.69) is 29.4 Å². The van der Waals surface area contributed by atoms with Gasteiger partial charge in [0, 0.05) is 43.5 Å². The summed E-state index contributed by atoms with van der Waals surface area (Å²) in [5, 5.41) is 5.59. The Labute approximate surface area is 146 Å². The molecule has 134 valence electrons. The first-order valence-electron chi connectivity index (χ1n) is 8.37. The molecule has 0 atom stereocenters. The molecule has 25 heavy (non-hydrogen) atoms. The monoisotopic (exact) mass is 347 g/mol. The summed E-state index contributed by atoms with van der Waals surface area (Å²) < 4.78 is 26.3. The van der Waals surface area contributed by atoms with Crippen LogP contribution in [0.15, 0.2) is 42.5 Å². The third-order valence-corrected chi connectivity index (χ3v) is 3.88. The molecule has 0 radical (unpaired) electrons. The van der Waals surface area contributed by atoms with Gasteiger partial charge in [0.15, 0.2) is 0 Å². The van der Waals surface area contributed by atoms with Crippen LogP contribution in [0.2, 0.25) is 0 Å². The summed E-state index contributed by atoms with van der Waals surface area (Å²) in [6.45, 7) is 6.53. The van der Waals surface area contributed by atoms with Crippen LogP contribution in [-0.4, -0.2) is 25.5 Å². The van der Waals surface area contributed by atoms with Gasteiger partial charge >= 0.3 is 0 Å². The van der Waals surface area contributed by atoms with Crippen LogP contribution in [0.25, 0.3) is 0 Å². The highest BCUT2D eigenvalue weighted by molar-refractivity contribution is 5.91. The lowest BCUT2D eigenvalue weighted by Crippen LogP contribution is -2.21. The minimum atomic E-state index is -0.784. The van der Waals surface area contributed by atoms with Gasteiger partial charge < -0.3 is 15.5 Å². The van der Waals surface area contributed by atoms with Crippen molar-refractivity contribution >= 4 is 23.0 Å². The van der Waals surface area contributed by atoms with E-state index in [9.17, 15) is 13.6 Å². The highest BCUT2D eigenvalue weighted by Gasteiger charge is 2.08. The topological polar surface area (TPSA) is 44.4 Å². The molecule has 4 nitrogen and oxygen atoms in total. The lowest BCUT2D eigenvalue weighted by molar-refractivity contribution is -0.116. The minimum Gasteiger partial charge on any atom is -0.385 e. The predicted octanol–water partition coefficient (Wildman–Crippen LogP) is 4.25. The maximum atomic E-state index is 13.5. The Morgan fingerprint density at radius 1 is 1.04 bits per heavy atom. The molecule has 0 aromatic heterocycles. The van der Waals surface area contributed by atoms with E-state index >= 15 is 0 Å². The summed E-state index contributed by atoms with van der Waals surface area (Å²) in [5.41, 5.74) is 2.05. The Kier molecular flexibility index (Phi) is 6.74. The zero-order chi connectivity index (χ0) is 18.2. The van der Waals surface area contributed by atoms with Crippen molar-refractivity contribution < 1.29 is 13.6 Å². The standard InChI is InChI=1S/C19H23F2N3O/c1-3-24(4-2)16-8-6-15(7-9-16)22-12-11-19(25)23-18-10-5-14(20)13-17(18)21/h5-10,13,22H,3-4,11-12H2,1-2H3,(H,23,25). The number of hydrogen-bond donors (Lipinski definition) is 2. The van der Waals surface area contributed by atoms with Crippen LogP contribution in [0.3, 0.4) is 0 Å². The highest BCUT2D eigenvalue weighted by atomic mass is 19.1. The van der Waals surface area contributed by atoms with Crippen molar-refractivity contribution in [1.82, 2.24) is 0 Å². The largest absolute Gasteiger partial charge is 0.385 e. The van der Waals surface area contributed by atoms with Gasteiger partial charge in [-0.05, 0) is 50.2 Å². The van der Waals surface area contributed by atoms with Crippen LogP contribution in [0.5, 0.6) is 0 Å². The molecule has 0 unspecified atom stereocenters. The van der Waals surface area contributed by atoms with Crippen LogP contribution in [0.1, 0.15) is 20.3 Å². The first-order valence-corrected chi connectivity index (χ1v) is 8.37. The van der Waals surface area contributed by atoms with Crippen molar-refractivity contribution in [3.05, 3.63) is 54.1 Å². The van der Waals surface area contributed by atoms with Crippen LogP contribution < -0.4 is 15.5 Å². The summed E-state index contributed by atoms with van der Waals surface area (Å²) >= 11 is 0. The quantitative estimate of drug-likeness (QED) is 0.750. The molecular weight excluding hydrogens is 324 g/mol. The van der Waals surface area contributed by atoms with Crippen LogP contribution in [0.4, 0.5) is 25.8 Å². The minimum absolute atomic E-state index is 0.0185. The SMILES string of the molecule is CCN(CC)c1ccc(NCCC(=O)Nc2ccc(F)cc2F)cc1. The number of amides is 1. The van der Waals surface area contributed by atoms with Crippen molar-refractivity contribution in [2.24, 2.45) is 0 Å². The Hall–Kier alpha value is -2.63. The maximum absolute atomic E-state index is 13.5. The lowest BCUT2D eigenvalue weighted by atomic mass is 10.2. The normalized spacial score (nSPS) is 10.4. The Morgan fingerprint density at radius 2 is 1.72 bits per heavy atom. The summed E-state index contributed by atoms with van der Waals surface area (Å²) in [4.78, 5) is 14.1. The molecule has 0 heterocycles. The van der Waals surface area contributed by atoms with Gasteiger partial charge in [-0.2, -0.15) is 0 Å². The van der Waals surface area contributed by atoms with Crippen LogP contribution in [-0.2, 0) is 4.79 Å². The van der Waals surface area contributed by atoms with Gasteiger partial charge in [0.25, 0.3) is 0 Å². The zero-order valence-corrected chi connectivity index (χ0v) is 14.5. The number of anilines is 3. The van der Waals surface area contributed by atoms with E-state index in [1.165, 1.54) is 6.07 Å². The van der Waals surface area contributed by atoms with Gasteiger partial charge in [0.2, 0.25) is 5.91 Å². The number of rotatable bonds is 8. The van der Waals surface area contributed by atoms with E-state index in [0.717, 1.165) is 36.6 Å². The molecule has 2 aromatic carbocycles. The molecule has 0 fully saturated rings. The Balaban J connectivity index is 1.81. The van der Waals surface area contributed by atoms with Crippen LogP contribution >= 0.6 is 0 Å². The number of benzene rings is 2. The Bertz CT molecular complexity index is 700. The summed E-state index contributed by atoms with van der Waals surface area (Å²) in [7, 11) is 0.